The standard InChI is InChI=1S/C24H17BrN4O5S/c25-19-10-15(6-8-20(19)34-14-23(30)27-17-4-2-1-3-5-17)13-26-28-24(31)22-12-16-11-18(29(32)33)7-9-21(16)35-22/h1-13H,14H2,(H,27,30)(H,28,31)/b26-13-. The largest absolute Gasteiger partial charge is 0.483 e. The summed E-state index contributed by atoms with van der Waals surface area (Å²) in [7, 11) is 0. The van der Waals surface area contributed by atoms with E-state index in [4.69, 9.17) is 4.74 Å². The molecule has 35 heavy (non-hydrogen) atoms. The summed E-state index contributed by atoms with van der Waals surface area (Å²) in [4.78, 5) is 35.3. The van der Waals surface area contributed by atoms with Gasteiger partial charge in [-0.15, -0.1) is 11.3 Å². The van der Waals surface area contributed by atoms with E-state index in [2.05, 4.69) is 31.8 Å². The summed E-state index contributed by atoms with van der Waals surface area (Å²) < 4.78 is 6.95. The number of benzene rings is 3. The Morgan fingerprint density at radius 2 is 1.89 bits per heavy atom. The predicted octanol–water partition coefficient (Wildman–Crippen LogP) is 5.35. The first-order chi connectivity index (χ1) is 16.9. The number of nitro groups is 1. The van der Waals surface area contributed by atoms with Gasteiger partial charge in [0.1, 0.15) is 5.75 Å². The Bertz CT molecular complexity index is 1440. The number of hydrogen-bond donors (Lipinski definition) is 2. The zero-order valence-electron chi connectivity index (χ0n) is 17.9. The number of carbonyl (C=O) groups excluding carboxylic acids is 2. The summed E-state index contributed by atoms with van der Waals surface area (Å²) in [5, 5.41) is 18.3. The number of amides is 2. The molecule has 0 saturated carbocycles. The summed E-state index contributed by atoms with van der Waals surface area (Å²) >= 11 is 4.62. The zero-order valence-corrected chi connectivity index (χ0v) is 20.3. The molecule has 176 valence electrons. The lowest BCUT2D eigenvalue weighted by molar-refractivity contribution is -0.384. The van der Waals surface area contributed by atoms with Crippen LogP contribution in [0.4, 0.5) is 11.4 Å². The molecule has 0 unspecified atom stereocenters. The molecule has 9 nitrogen and oxygen atoms in total. The van der Waals surface area contributed by atoms with Gasteiger partial charge in [-0.2, -0.15) is 5.10 Å². The van der Waals surface area contributed by atoms with E-state index in [1.165, 1.54) is 29.7 Å². The Morgan fingerprint density at radius 1 is 1.09 bits per heavy atom. The normalized spacial score (nSPS) is 10.9. The zero-order chi connectivity index (χ0) is 24.8. The number of nitrogens with zero attached hydrogens (tertiary/aromatic N) is 2. The monoisotopic (exact) mass is 552 g/mol. The van der Waals surface area contributed by atoms with Gasteiger partial charge in [0, 0.05) is 27.9 Å². The van der Waals surface area contributed by atoms with Crippen LogP contribution in [0.3, 0.4) is 0 Å². The van der Waals surface area contributed by atoms with Crippen LogP contribution in [0, 0.1) is 10.1 Å². The molecule has 0 bridgehead atoms. The van der Waals surface area contributed by atoms with Crippen LogP contribution in [0.2, 0.25) is 0 Å². The second-order valence-corrected chi connectivity index (χ2v) is 9.12. The summed E-state index contributed by atoms with van der Waals surface area (Å²) in [6.45, 7) is -0.157. The van der Waals surface area contributed by atoms with Crippen LogP contribution in [0.5, 0.6) is 5.75 Å². The minimum Gasteiger partial charge on any atom is -0.483 e. The Labute approximate surface area is 211 Å². The van der Waals surface area contributed by atoms with Crippen molar-refractivity contribution in [2.45, 2.75) is 0 Å². The Hall–Kier alpha value is -4.09. The first-order valence-electron chi connectivity index (χ1n) is 10.2. The van der Waals surface area contributed by atoms with Crippen LogP contribution in [0.25, 0.3) is 10.1 Å². The third-order valence-electron chi connectivity index (χ3n) is 4.69. The molecule has 0 atom stereocenters. The van der Waals surface area contributed by atoms with E-state index in [0.717, 1.165) is 4.70 Å². The number of nitrogens with one attached hydrogen (secondary N) is 2. The van der Waals surface area contributed by atoms with Gasteiger partial charge in [-0.1, -0.05) is 18.2 Å². The lowest BCUT2D eigenvalue weighted by atomic mass is 10.2. The summed E-state index contributed by atoms with van der Waals surface area (Å²) in [6.07, 6.45) is 1.46. The molecule has 2 N–H and O–H groups in total. The molecular weight excluding hydrogens is 536 g/mol. The Kier molecular flexibility index (Phi) is 7.48. The average Bonchev–Trinajstić information content (AvgIpc) is 3.28. The number of non-ortho nitro benzene ring substituents is 1. The van der Waals surface area contributed by atoms with Gasteiger partial charge >= 0.3 is 0 Å². The highest BCUT2D eigenvalue weighted by Crippen LogP contribution is 2.29. The molecule has 1 heterocycles. The molecule has 0 spiro atoms. The fourth-order valence-corrected chi connectivity index (χ4v) is 4.50. The maximum Gasteiger partial charge on any atom is 0.281 e. The predicted molar refractivity (Wildman–Crippen MR) is 138 cm³/mol. The van der Waals surface area contributed by atoms with Crippen LogP contribution in [0.15, 0.2) is 82.4 Å². The first-order valence-corrected chi connectivity index (χ1v) is 11.8. The van der Waals surface area contributed by atoms with Crippen molar-refractivity contribution in [3.05, 3.63) is 97.8 Å². The van der Waals surface area contributed by atoms with Crippen LogP contribution in [-0.2, 0) is 4.79 Å². The molecule has 2 amide bonds. The lowest BCUT2D eigenvalue weighted by Gasteiger charge is -2.09. The van der Waals surface area contributed by atoms with Gasteiger partial charge in [0.25, 0.3) is 17.5 Å². The number of anilines is 1. The lowest BCUT2D eigenvalue weighted by Crippen LogP contribution is -2.20. The van der Waals surface area contributed by atoms with Gasteiger partial charge in [-0.3, -0.25) is 19.7 Å². The average molecular weight is 553 g/mol. The van der Waals surface area contributed by atoms with E-state index in [1.807, 2.05) is 18.2 Å². The van der Waals surface area contributed by atoms with Crippen molar-refractivity contribution in [1.29, 1.82) is 0 Å². The van der Waals surface area contributed by atoms with Gasteiger partial charge in [0.05, 0.1) is 20.5 Å². The van der Waals surface area contributed by atoms with Gasteiger partial charge in [-0.25, -0.2) is 5.43 Å². The van der Waals surface area contributed by atoms with Crippen LogP contribution in [0.1, 0.15) is 15.2 Å². The molecule has 4 rings (SSSR count). The molecule has 0 fully saturated rings. The minimum atomic E-state index is -0.477. The number of ether oxygens (including phenoxy) is 1. The molecule has 4 aromatic rings. The molecule has 3 aromatic carbocycles. The number of thiophene rings is 1. The third-order valence-corrected chi connectivity index (χ3v) is 6.42. The number of carbonyl (C=O) groups is 2. The fraction of sp³-hybridized carbons (Fsp3) is 0.0417. The topological polar surface area (TPSA) is 123 Å². The Morgan fingerprint density at radius 3 is 2.63 bits per heavy atom. The van der Waals surface area contributed by atoms with Gasteiger partial charge in [-0.05, 0) is 64.0 Å². The highest BCUT2D eigenvalue weighted by molar-refractivity contribution is 9.10. The number of hydrogen-bond acceptors (Lipinski definition) is 7. The highest BCUT2D eigenvalue weighted by Gasteiger charge is 2.13. The number of rotatable bonds is 8. The second kappa shape index (κ2) is 10.9. The minimum absolute atomic E-state index is 0.0323. The quantitative estimate of drug-likeness (QED) is 0.173. The fourth-order valence-electron chi connectivity index (χ4n) is 3.05. The van der Waals surface area contributed by atoms with Crippen molar-refractivity contribution in [3.8, 4) is 5.75 Å². The summed E-state index contributed by atoms with van der Waals surface area (Å²) in [5.74, 6) is -0.227. The van der Waals surface area contributed by atoms with Gasteiger partial charge in [0.2, 0.25) is 0 Å². The van der Waals surface area contributed by atoms with Crippen molar-refractivity contribution in [1.82, 2.24) is 5.43 Å². The molecule has 0 aliphatic rings. The van der Waals surface area contributed by atoms with E-state index in [0.29, 0.717) is 31.7 Å². The van der Waals surface area contributed by atoms with Crippen molar-refractivity contribution in [2.24, 2.45) is 5.10 Å². The number of hydrazone groups is 1. The number of para-hydroxylation sites is 1. The highest BCUT2D eigenvalue weighted by atomic mass is 79.9. The molecular formula is C24H17BrN4O5S. The van der Waals surface area contributed by atoms with Crippen LogP contribution in [-0.4, -0.2) is 29.6 Å². The van der Waals surface area contributed by atoms with Gasteiger partial charge < -0.3 is 10.1 Å². The van der Waals surface area contributed by atoms with E-state index < -0.39 is 10.8 Å². The molecule has 0 aliphatic heterocycles. The van der Waals surface area contributed by atoms with Crippen molar-refractivity contribution >= 4 is 66.8 Å². The second-order valence-electron chi connectivity index (χ2n) is 7.18. The van der Waals surface area contributed by atoms with Crippen LogP contribution < -0.4 is 15.5 Å². The molecule has 0 aliphatic carbocycles. The summed E-state index contributed by atoms with van der Waals surface area (Å²) in [5.41, 5.74) is 3.79. The maximum atomic E-state index is 12.4. The van der Waals surface area contributed by atoms with E-state index >= 15 is 0 Å². The smallest absolute Gasteiger partial charge is 0.281 e. The number of nitro benzene ring substituents is 1. The SMILES string of the molecule is O=C(COc1ccc(/C=N\NC(=O)c2cc3cc([N+](=O)[O-])ccc3s2)cc1Br)Nc1ccccc1. The van der Waals surface area contributed by atoms with E-state index in [-0.39, 0.29) is 18.2 Å². The number of fused-ring (bicyclic) bond motifs is 1. The first kappa shape index (κ1) is 24.0. The Balaban J connectivity index is 1.32. The third kappa shape index (κ3) is 6.28. The maximum absolute atomic E-state index is 12.4. The van der Waals surface area contributed by atoms with Crippen molar-refractivity contribution < 1.29 is 19.2 Å². The molecule has 11 heteroatoms. The molecule has 1 aromatic heterocycles. The van der Waals surface area contributed by atoms with Crippen LogP contribution >= 0.6 is 27.3 Å². The molecule has 0 radical (unpaired) electrons. The van der Waals surface area contributed by atoms with Crippen molar-refractivity contribution in [2.75, 3.05) is 11.9 Å². The molecule has 0 saturated heterocycles. The van der Waals surface area contributed by atoms with E-state index in [9.17, 15) is 19.7 Å². The van der Waals surface area contributed by atoms with Crippen molar-refractivity contribution in [3.63, 3.8) is 0 Å². The summed E-state index contributed by atoms with van der Waals surface area (Å²) in [6, 6.07) is 20.3. The van der Waals surface area contributed by atoms with Gasteiger partial charge in [0.15, 0.2) is 6.61 Å². The van der Waals surface area contributed by atoms with E-state index in [1.54, 1.807) is 42.5 Å². The number of halogens is 1.